The maximum absolute atomic E-state index is 12.8. The van der Waals surface area contributed by atoms with Gasteiger partial charge in [0.15, 0.2) is 0 Å². The summed E-state index contributed by atoms with van der Waals surface area (Å²) in [6, 6.07) is 27.6. The molecule has 0 atom stereocenters. The summed E-state index contributed by atoms with van der Waals surface area (Å²) in [4.78, 5) is 22.7. The summed E-state index contributed by atoms with van der Waals surface area (Å²) < 4.78 is 0. The smallest absolute Gasteiger partial charge is 0.255 e. The maximum atomic E-state index is 12.8. The molecule has 0 radical (unpaired) electrons. The molecule has 31 heavy (non-hydrogen) atoms. The van der Waals surface area contributed by atoms with E-state index in [9.17, 15) is 4.79 Å². The SMILES string of the molecule is Cc1cc(-c2nc3cccnc3s2)ccc1NC(=O)c1ccc(-c2ccccc2)cc1. The number of aryl methyl sites for hydroxylation is 1. The first kappa shape index (κ1) is 19.2. The number of carbonyl (C=O) groups excluding carboxylic acids is 1. The Morgan fingerprint density at radius 2 is 1.58 bits per heavy atom. The van der Waals surface area contributed by atoms with Gasteiger partial charge >= 0.3 is 0 Å². The fraction of sp³-hybridized carbons (Fsp3) is 0.0385. The number of pyridine rings is 1. The largest absolute Gasteiger partial charge is 0.322 e. The van der Waals surface area contributed by atoms with Gasteiger partial charge in [0, 0.05) is 23.0 Å². The van der Waals surface area contributed by atoms with Gasteiger partial charge in [-0.1, -0.05) is 53.8 Å². The molecule has 0 fully saturated rings. The molecular weight excluding hydrogens is 402 g/mol. The second-order valence-corrected chi connectivity index (χ2v) is 8.25. The van der Waals surface area contributed by atoms with Gasteiger partial charge in [-0.2, -0.15) is 0 Å². The number of carbonyl (C=O) groups is 1. The average molecular weight is 422 g/mol. The zero-order valence-corrected chi connectivity index (χ0v) is 17.7. The van der Waals surface area contributed by atoms with Gasteiger partial charge in [-0.05, 0) is 66.1 Å². The highest BCUT2D eigenvalue weighted by Crippen LogP contribution is 2.31. The topological polar surface area (TPSA) is 54.9 Å². The van der Waals surface area contributed by atoms with E-state index in [0.29, 0.717) is 5.56 Å². The highest BCUT2D eigenvalue weighted by molar-refractivity contribution is 7.21. The highest BCUT2D eigenvalue weighted by atomic mass is 32.1. The van der Waals surface area contributed by atoms with Crippen molar-refractivity contribution >= 4 is 33.3 Å². The zero-order chi connectivity index (χ0) is 21.2. The van der Waals surface area contributed by atoms with Crippen molar-refractivity contribution in [2.75, 3.05) is 5.32 Å². The van der Waals surface area contributed by atoms with Crippen LogP contribution in [0.5, 0.6) is 0 Å². The molecule has 0 saturated heterocycles. The van der Waals surface area contributed by atoms with Crippen LogP contribution in [-0.4, -0.2) is 15.9 Å². The van der Waals surface area contributed by atoms with E-state index >= 15 is 0 Å². The van der Waals surface area contributed by atoms with Crippen LogP contribution in [0.15, 0.2) is 91.1 Å². The molecule has 4 nitrogen and oxygen atoms in total. The number of aromatic nitrogens is 2. The molecule has 1 amide bonds. The van der Waals surface area contributed by atoms with Gasteiger partial charge in [0.25, 0.3) is 5.91 Å². The van der Waals surface area contributed by atoms with Gasteiger partial charge in [0.05, 0.1) is 0 Å². The summed E-state index contributed by atoms with van der Waals surface area (Å²) >= 11 is 1.57. The van der Waals surface area contributed by atoms with Crippen molar-refractivity contribution in [3.8, 4) is 21.7 Å². The molecular formula is C26H19N3OS. The van der Waals surface area contributed by atoms with Crippen molar-refractivity contribution < 1.29 is 4.79 Å². The van der Waals surface area contributed by atoms with E-state index in [-0.39, 0.29) is 5.91 Å². The van der Waals surface area contributed by atoms with Gasteiger partial charge in [-0.3, -0.25) is 4.79 Å². The number of rotatable bonds is 4. The summed E-state index contributed by atoms with van der Waals surface area (Å²) in [5.74, 6) is -0.125. The summed E-state index contributed by atoms with van der Waals surface area (Å²) in [6.45, 7) is 1.99. The number of nitrogens with zero attached hydrogens (tertiary/aromatic N) is 2. The quantitative estimate of drug-likeness (QED) is 0.356. The summed E-state index contributed by atoms with van der Waals surface area (Å²) in [7, 11) is 0. The van der Waals surface area contributed by atoms with E-state index in [0.717, 1.165) is 43.3 Å². The molecule has 0 bridgehead atoms. The van der Waals surface area contributed by atoms with Crippen LogP contribution in [-0.2, 0) is 0 Å². The van der Waals surface area contributed by atoms with E-state index in [1.807, 2.05) is 79.7 Å². The second-order valence-electron chi connectivity index (χ2n) is 7.27. The molecule has 1 N–H and O–H groups in total. The number of hydrogen-bond donors (Lipinski definition) is 1. The van der Waals surface area contributed by atoms with Crippen LogP contribution in [0, 0.1) is 6.92 Å². The molecule has 0 aliphatic carbocycles. The van der Waals surface area contributed by atoms with Gasteiger partial charge in [0.2, 0.25) is 0 Å². The third-order valence-corrected chi connectivity index (χ3v) is 6.17. The van der Waals surface area contributed by atoms with Gasteiger partial charge < -0.3 is 5.32 Å². The number of hydrogen-bond acceptors (Lipinski definition) is 4. The lowest BCUT2D eigenvalue weighted by Gasteiger charge is -2.10. The molecule has 5 rings (SSSR count). The van der Waals surface area contributed by atoms with Crippen molar-refractivity contribution in [2.45, 2.75) is 6.92 Å². The van der Waals surface area contributed by atoms with Gasteiger partial charge in [-0.25, -0.2) is 9.97 Å². The Kier molecular flexibility index (Phi) is 5.02. The lowest BCUT2D eigenvalue weighted by molar-refractivity contribution is 0.102. The average Bonchev–Trinajstić information content (AvgIpc) is 3.25. The minimum atomic E-state index is -0.125. The lowest BCUT2D eigenvalue weighted by Crippen LogP contribution is -2.12. The molecule has 0 aliphatic heterocycles. The number of fused-ring (bicyclic) bond motifs is 1. The molecule has 3 aromatic carbocycles. The van der Waals surface area contributed by atoms with Crippen LogP contribution < -0.4 is 5.32 Å². The van der Waals surface area contributed by atoms with E-state index < -0.39 is 0 Å². The molecule has 0 saturated carbocycles. The van der Waals surface area contributed by atoms with Crippen molar-refractivity contribution in [1.82, 2.24) is 9.97 Å². The summed E-state index contributed by atoms with van der Waals surface area (Å²) in [6.07, 6.45) is 1.78. The Morgan fingerprint density at radius 1 is 0.839 bits per heavy atom. The molecule has 2 heterocycles. The Bertz CT molecular complexity index is 1340. The first-order valence-electron chi connectivity index (χ1n) is 9.97. The number of amides is 1. The maximum Gasteiger partial charge on any atom is 0.255 e. The van der Waals surface area contributed by atoms with Crippen molar-refractivity contribution in [2.24, 2.45) is 0 Å². The van der Waals surface area contributed by atoms with Crippen LogP contribution in [0.3, 0.4) is 0 Å². The Morgan fingerprint density at radius 3 is 2.32 bits per heavy atom. The zero-order valence-electron chi connectivity index (χ0n) is 16.9. The lowest BCUT2D eigenvalue weighted by atomic mass is 10.0. The highest BCUT2D eigenvalue weighted by Gasteiger charge is 2.11. The van der Waals surface area contributed by atoms with E-state index in [2.05, 4.69) is 27.4 Å². The summed E-state index contributed by atoms with van der Waals surface area (Å²) in [5.41, 5.74) is 6.54. The van der Waals surface area contributed by atoms with E-state index in [1.165, 1.54) is 0 Å². The van der Waals surface area contributed by atoms with Crippen molar-refractivity contribution in [1.29, 1.82) is 0 Å². The van der Waals surface area contributed by atoms with E-state index in [1.54, 1.807) is 17.5 Å². The van der Waals surface area contributed by atoms with Crippen molar-refractivity contribution in [3.05, 3.63) is 102 Å². The minimum absolute atomic E-state index is 0.125. The van der Waals surface area contributed by atoms with E-state index in [4.69, 9.17) is 0 Å². The van der Waals surface area contributed by atoms with Crippen LogP contribution in [0.25, 0.3) is 32.0 Å². The summed E-state index contributed by atoms with van der Waals surface area (Å²) in [5, 5.41) is 3.95. The fourth-order valence-corrected chi connectivity index (χ4v) is 4.37. The van der Waals surface area contributed by atoms with Crippen LogP contribution >= 0.6 is 11.3 Å². The van der Waals surface area contributed by atoms with Crippen LogP contribution in [0.4, 0.5) is 5.69 Å². The number of anilines is 1. The molecule has 5 aromatic rings. The van der Waals surface area contributed by atoms with Gasteiger partial charge in [-0.15, -0.1) is 0 Å². The molecule has 150 valence electrons. The predicted molar refractivity (Wildman–Crippen MR) is 127 cm³/mol. The Balaban J connectivity index is 1.34. The molecule has 0 unspecified atom stereocenters. The second kappa shape index (κ2) is 8.13. The molecule has 0 spiro atoms. The Labute approximate surface area is 184 Å². The standard InChI is InChI=1S/C26H19N3OS/c1-17-16-21(25-29-23-8-5-15-27-26(23)31-25)13-14-22(17)28-24(30)20-11-9-19(10-12-20)18-6-3-2-4-7-18/h2-16H,1H3,(H,28,30). The number of thiazole rings is 1. The predicted octanol–water partition coefficient (Wildman–Crippen LogP) is 6.59. The normalized spacial score (nSPS) is 10.9. The molecule has 0 aliphatic rings. The number of nitrogens with one attached hydrogen (secondary N) is 1. The van der Waals surface area contributed by atoms with Crippen molar-refractivity contribution in [3.63, 3.8) is 0 Å². The molecule has 2 aromatic heterocycles. The minimum Gasteiger partial charge on any atom is -0.322 e. The number of benzene rings is 3. The molecule has 5 heteroatoms. The first-order valence-corrected chi connectivity index (χ1v) is 10.8. The fourth-order valence-electron chi connectivity index (χ4n) is 3.47. The third-order valence-electron chi connectivity index (χ3n) is 5.14. The monoisotopic (exact) mass is 421 g/mol. The van der Waals surface area contributed by atoms with Crippen LogP contribution in [0.2, 0.25) is 0 Å². The Hall–Kier alpha value is -3.83. The van der Waals surface area contributed by atoms with Crippen LogP contribution in [0.1, 0.15) is 15.9 Å². The van der Waals surface area contributed by atoms with Gasteiger partial charge in [0.1, 0.15) is 15.4 Å². The third kappa shape index (κ3) is 3.96. The first-order chi connectivity index (χ1) is 15.2.